The fourth-order valence-corrected chi connectivity index (χ4v) is 3.84. The van der Waals surface area contributed by atoms with Crippen LogP contribution in [0.15, 0.2) is 95.8 Å². The van der Waals surface area contributed by atoms with Crippen molar-refractivity contribution in [3.05, 3.63) is 102 Å². The van der Waals surface area contributed by atoms with E-state index in [4.69, 9.17) is 0 Å². The normalized spacial score (nSPS) is 11.3. The number of alkyl halides is 2. The number of amides is 1. The summed E-state index contributed by atoms with van der Waals surface area (Å²) in [6.07, 6.45) is 6.57. The van der Waals surface area contributed by atoms with Crippen molar-refractivity contribution in [1.29, 1.82) is 5.26 Å². The Hall–Kier alpha value is -4.29. The van der Waals surface area contributed by atoms with Crippen molar-refractivity contribution in [3.63, 3.8) is 0 Å². The van der Waals surface area contributed by atoms with Crippen LogP contribution in [0.25, 0.3) is 17.3 Å². The predicted octanol–water partition coefficient (Wildman–Crippen LogP) is 5.85. The van der Waals surface area contributed by atoms with Crippen molar-refractivity contribution in [3.8, 4) is 17.3 Å². The van der Waals surface area contributed by atoms with Crippen molar-refractivity contribution < 1.29 is 13.6 Å². The van der Waals surface area contributed by atoms with Crippen LogP contribution < -0.4 is 5.32 Å². The van der Waals surface area contributed by atoms with Crippen LogP contribution >= 0.6 is 11.8 Å². The number of aromatic nitrogens is 3. The van der Waals surface area contributed by atoms with Crippen molar-refractivity contribution >= 4 is 29.4 Å². The Morgan fingerprint density at radius 2 is 1.89 bits per heavy atom. The minimum atomic E-state index is -2.53. The Labute approximate surface area is 204 Å². The zero-order valence-electron chi connectivity index (χ0n) is 18.3. The van der Waals surface area contributed by atoms with E-state index in [2.05, 4.69) is 15.4 Å². The predicted molar refractivity (Wildman–Crippen MR) is 132 cm³/mol. The highest BCUT2D eigenvalue weighted by Crippen LogP contribution is 2.27. The van der Waals surface area contributed by atoms with Gasteiger partial charge >= 0.3 is 0 Å². The van der Waals surface area contributed by atoms with E-state index in [1.807, 2.05) is 42.5 Å². The first-order valence-electron chi connectivity index (χ1n) is 10.5. The van der Waals surface area contributed by atoms with Crippen molar-refractivity contribution in [1.82, 2.24) is 14.8 Å². The maximum absolute atomic E-state index is 12.8. The number of anilines is 1. The Bertz CT molecular complexity index is 1360. The molecule has 0 fully saturated rings. The van der Waals surface area contributed by atoms with Crippen molar-refractivity contribution in [2.45, 2.75) is 17.2 Å². The lowest BCUT2D eigenvalue weighted by molar-refractivity contribution is -0.112. The van der Waals surface area contributed by atoms with Crippen LogP contribution in [0.2, 0.25) is 0 Å². The van der Waals surface area contributed by atoms with Crippen LogP contribution in [0.5, 0.6) is 0 Å². The molecule has 0 saturated heterocycles. The molecule has 1 N–H and O–H groups in total. The van der Waals surface area contributed by atoms with Gasteiger partial charge in [0.2, 0.25) is 0 Å². The molecular formula is C26H19F2N5OS. The van der Waals surface area contributed by atoms with E-state index in [9.17, 15) is 18.8 Å². The number of halogens is 2. The maximum atomic E-state index is 12.8. The quantitative estimate of drug-likeness (QED) is 0.191. The molecular weight excluding hydrogens is 468 g/mol. The van der Waals surface area contributed by atoms with E-state index >= 15 is 0 Å². The first-order valence-corrected chi connectivity index (χ1v) is 11.4. The Balaban J connectivity index is 1.61. The number of carbonyl (C=O) groups excluding carboxylic acids is 1. The molecule has 2 aromatic carbocycles. The van der Waals surface area contributed by atoms with E-state index in [0.717, 1.165) is 11.1 Å². The van der Waals surface area contributed by atoms with E-state index in [0.29, 0.717) is 40.1 Å². The van der Waals surface area contributed by atoms with Gasteiger partial charge in [0.15, 0.2) is 0 Å². The van der Waals surface area contributed by atoms with Crippen LogP contribution in [0.3, 0.4) is 0 Å². The molecule has 0 aliphatic heterocycles. The van der Waals surface area contributed by atoms with E-state index in [-0.39, 0.29) is 5.57 Å². The summed E-state index contributed by atoms with van der Waals surface area (Å²) >= 11 is 0.417. The van der Waals surface area contributed by atoms with Gasteiger partial charge in [-0.2, -0.15) is 19.1 Å². The third-order valence-electron chi connectivity index (χ3n) is 4.91. The number of nitriles is 1. The first-order chi connectivity index (χ1) is 17.0. The summed E-state index contributed by atoms with van der Waals surface area (Å²) in [5.74, 6) is -3.14. The van der Waals surface area contributed by atoms with Crippen LogP contribution in [0.1, 0.15) is 11.1 Å². The molecule has 4 aromatic rings. The van der Waals surface area contributed by atoms with Gasteiger partial charge in [-0.1, -0.05) is 42.1 Å². The highest BCUT2D eigenvalue weighted by Gasteiger charge is 2.15. The lowest BCUT2D eigenvalue weighted by Gasteiger charge is -2.06. The number of benzene rings is 2. The fourth-order valence-electron chi connectivity index (χ4n) is 3.34. The summed E-state index contributed by atoms with van der Waals surface area (Å²) in [6.45, 7) is 0.513. The maximum Gasteiger partial charge on any atom is 0.288 e. The molecule has 174 valence electrons. The Morgan fingerprint density at radius 3 is 2.54 bits per heavy atom. The van der Waals surface area contributed by atoms with Gasteiger partial charge < -0.3 is 5.32 Å². The summed E-state index contributed by atoms with van der Waals surface area (Å²) in [5, 5.41) is 17.0. The van der Waals surface area contributed by atoms with Gasteiger partial charge in [0.25, 0.3) is 11.7 Å². The summed E-state index contributed by atoms with van der Waals surface area (Å²) in [6, 6.07) is 21.4. The summed E-state index contributed by atoms with van der Waals surface area (Å²) in [7, 11) is 0. The molecule has 4 rings (SSSR count). The highest BCUT2D eigenvalue weighted by atomic mass is 32.2. The molecule has 2 heterocycles. The molecule has 0 unspecified atom stereocenters. The van der Waals surface area contributed by atoms with Gasteiger partial charge in [0.05, 0.1) is 6.54 Å². The Morgan fingerprint density at radius 1 is 1.11 bits per heavy atom. The number of pyridine rings is 1. The number of carbonyl (C=O) groups is 1. The van der Waals surface area contributed by atoms with E-state index in [1.54, 1.807) is 29.3 Å². The van der Waals surface area contributed by atoms with Gasteiger partial charge in [0.1, 0.15) is 17.3 Å². The van der Waals surface area contributed by atoms with Gasteiger partial charge in [-0.3, -0.25) is 14.5 Å². The number of nitrogens with one attached hydrogen (secondary N) is 1. The number of hydrogen-bond donors (Lipinski definition) is 1. The summed E-state index contributed by atoms with van der Waals surface area (Å²) in [4.78, 5) is 17.3. The van der Waals surface area contributed by atoms with E-state index in [1.165, 1.54) is 30.3 Å². The van der Waals surface area contributed by atoms with Crippen LogP contribution in [0.4, 0.5) is 14.5 Å². The standard InChI is InChI=1S/C26H19F2N5OS/c27-26(28)35-23-10-8-22(9-11-23)31-25(34)20(14-29)13-21-17-33(16-18-5-2-1-3-6-18)32-24(21)19-7-4-12-30-15-19/h1-13,15,17,26H,16H2,(H,31,34)/b20-13+. The molecule has 1 amide bonds. The molecule has 0 radical (unpaired) electrons. The second-order valence-electron chi connectivity index (χ2n) is 7.38. The van der Waals surface area contributed by atoms with Crippen LogP contribution in [-0.4, -0.2) is 26.4 Å². The SMILES string of the molecule is N#C/C(=C\c1cn(Cc2ccccc2)nc1-c1cccnc1)C(=O)Nc1ccc(SC(F)F)cc1. The number of thioether (sulfide) groups is 1. The molecule has 0 atom stereocenters. The number of hydrogen-bond acceptors (Lipinski definition) is 5. The fraction of sp³-hybridized carbons (Fsp3) is 0.0769. The summed E-state index contributed by atoms with van der Waals surface area (Å²) < 4.78 is 26.8. The Kier molecular flexibility index (Phi) is 7.65. The van der Waals surface area contributed by atoms with Gasteiger partial charge in [-0.05, 0) is 48.0 Å². The number of rotatable bonds is 8. The molecule has 6 nitrogen and oxygen atoms in total. The zero-order chi connectivity index (χ0) is 24.6. The smallest absolute Gasteiger partial charge is 0.288 e. The average Bonchev–Trinajstić information content (AvgIpc) is 3.26. The molecule has 0 aliphatic rings. The molecule has 9 heteroatoms. The average molecular weight is 488 g/mol. The third-order valence-corrected chi connectivity index (χ3v) is 5.64. The van der Waals surface area contributed by atoms with Gasteiger partial charge in [-0.15, -0.1) is 0 Å². The van der Waals surface area contributed by atoms with E-state index < -0.39 is 11.7 Å². The second kappa shape index (κ2) is 11.2. The highest BCUT2D eigenvalue weighted by molar-refractivity contribution is 7.99. The lowest BCUT2D eigenvalue weighted by atomic mass is 10.1. The van der Waals surface area contributed by atoms with Gasteiger partial charge in [-0.25, -0.2) is 0 Å². The second-order valence-corrected chi connectivity index (χ2v) is 8.45. The first kappa shape index (κ1) is 23.9. The third kappa shape index (κ3) is 6.40. The molecule has 35 heavy (non-hydrogen) atoms. The minimum Gasteiger partial charge on any atom is -0.321 e. The topological polar surface area (TPSA) is 83.6 Å². The number of nitrogens with zero attached hydrogens (tertiary/aromatic N) is 4. The van der Waals surface area contributed by atoms with Crippen LogP contribution in [-0.2, 0) is 11.3 Å². The molecule has 0 saturated carbocycles. The zero-order valence-corrected chi connectivity index (χ0v) is 19.1. The molecule has 0 aliphatic carbocycles. The van der Waals surface area contributed by atoms with Crippen LogP contribution in [0, 0.1) is 11.3 Å². The monoisotopic (exact) mass is 487 g/mol. The molecule has 2 aromatic heterocycles. The minimum absolute atomic E-state index is 0.125. The lowest BCUT2D eigenvalue weighted by Crippen LogP contribution is -2.13. The molecule has 0 bridgehead atoms. The van der Waals surface area contributed by atoms with Crippen molar-refractivity contribution in [2.24, 2.45) is 0 Å². The van der Waals surface area contributed by atoms with Gasteiger partial charge in [0, 0.05) is 40.3 Å². The van der Waals surface area contributed by atoms with Crippen molar-refractivity contribution in [2.75, 3.05) is 5.32 Å². The summed E-state index contributed by atoms with van der Waals surface area (Å²) in [5.41, 5.74) is 3.24. The molecule has 0 spiro atoms. The largest absolute Gasteiger partial charge is 0.321 e.